The van der Waals surface area contributed by atoms with Crippen molar-refractivity contribution >= 4 is 38.5 Å². The Morgan fingerprint density at radius 2 is 2.25 bits per heavy atom. The summed E-state index contributed by atoms with van der Waals surface area (Å²) < 4.78 is 21.7. The normalized spacial score (nSPS) is 12.2. The standard InChI is InChI=1S/C12H12BrN3O3S/c1-16-6-9(13)4-10(12(16)17)15-11-3-2-8(5-14-11)7-20(18)19/h2-6H,7H2,1H3,(H,14,15)(H,18,19). The lowest BCUT2D eigenvalue weighted by Crippen LogP contribution is -2.19. The maximum absolute atomic E-state index is 11.9. The summed E-state index contributed by atoms with van der Waals surface area (Å²) in [7, 11) is 1.66. The Morgan fingerprint density at radius 3 is 2.85 bits per heavy atom. The van der Waals surface area contributed by atoms with Crippen molar-refractivity contribution < 1.29 is 8.76 Å². The van der Waals surface area contributed by atoms with Gasteiger partial charge in [0.2, 0.25) is 0 Å². The van der Waals surface area contributed by atoms with Crippen molar-refractivity contribution in [3.63, 3.8) is 0 Å². The molecule has 6 nitrogen and oxygen atoms in total. The lowest BCUT2D eigenvalue weighted by molar-refractivity contribution is 0.563. The second-order valence-corrected chi connectivity index (χ2v) is 5.98. The third-order valence-electron chi connectivity index (χ3n) is 2.53. The highest BCUT2D eigenvalue weighted by molar-refractivity contribution is 9.10. The van der Waals surface area contributed by atoms with Crippen molar-refractivity contribution in [1.29, 1.82) is 0 Å². The van der Waals surface area contributed by atoms with Crippen molar-refractivity contribution in [3.05, 3.63) is 51.0 Å². The number of hydrogen-bond donors (Lipinski definition) is 2. The molecular weight excluding hydrogens is 346 g/mol. The Hall–Kier alpha value is -1.51. The lowest BCUT2D eigenvalue weighted by Gasteiger charge is -2.08. The number of anilines is 2. The molecule has 0 spiro atoms. The second-order valence-electron chi connectivity index (χ2n) is 4.13. The highest BCUT2D eigenvalue weighted by Gasteiger charge is 2.05. The molecule has 0 aliphatic rings. The molecule has 0 saturated heterocycles. The van der Waals surface area contributed by atoms with Crippen LogP contribution in [0.3, 0.4) is 0 Å². The average Bonchev–Trinajstić information content (AvgIpc) is 2.37. The minimum absolute atomic E-state index is 0.0337. The number of rotatable bonds is 4. The van der Waals surface area contributed by atoms with Gasteiger partial charge in [-0.1, -0.05) is 6.07 Å². The van der Waals surface area contributed by atoms with Gasteiger partial charge in [-0.05, 0) is 33.6 Å². The molecule has 2 heterocycles. The summed E-state index contributed by atoms with van der Waals surface area (Å²) in [6.45, 7) is 0. The minimum atomic E-state index is -1.89. The van der Waals surface area contributed by atoms with Gasteiger partial charge in [0.05, 0.1) is 5.75 Å². The summed E-state index contributed by atoms with van der Waals surface area (Å²) in [4.78, 5) is 16.0. The lowest BCUT2D eigenvalue weighted by atomic mass is 10.3. The summed E-state index contributed by atoms with van der Waals surface area (Å²) in [5.41, 5.74) is 0.877. The molecule has 2 N–H and O–H groups in total. The summed E-state index contributed by atoms with van der Waals surface area (Å²) in [6.07, 6.45) is 3.17. The van der Waals surface area contributed by atoms with Gasteiger partial charge in [-0.3, -0.25) is 4.79 Å². The van der Waals surface area contributed by atoms with Gasteiger partial charge in [0.1, 0.15) is 11.5 Å². The van der Waals surface area contributed by atoms with Crippen LogP contribution in [0.1, 0.15) is 5.56 Å². The van der Waals surface area contributed by atoms with Crippen LogP contribution >= 0.6 is 15.9 Å². The minimum Gasteiger partial charge on any atom is -0.336 e. The van der Waals surface area contributed by atoms with Crippen LogP contribution in [-0.2, 0) is 23.9 Å². The number of halogens is 1. The van der Waals surface area contributed by atoms with Crippen LogP contribution < -0.4 is 10.9 Å². The van der Waals surface area contributed by atoms with Crippen LogP contribution in [0.2, 0.25) is 0 Å². The Bertz CT molecular complexity index is 700. The molecule has 1 unspecified atom stereocenters. The Morgan fingerprint density at radius 1 is 1.50 bits per heavy atom. The number of pyridine rings is 2. The fourth-order valence-corrected chi connectivity index (χ4v) is 2.62. The van der Waals surface area contributed by atoms with Crippen LogP contribution in [0.25, 0.3) is 0 Å². The van der Waals surface area contributed by atoms with E-state index in [0.29, 0.717) is 17.1 Å². The summed E-state index contributed by atoms with van der Waals surface area (Å²) in [5, 5.41) is 2.92. The average molecular weight is 358 g/mol. The van der Waals surface area contributed by atoms with Crippen LogP contribution in [0.15, 0.2) is 39.9 Å². The predicted octanol–water partition coefficient (Wildman–Crippen LogP) is 2.01. The topological polar surface area (TPSA) is 84.2 Å². The van der Waals surface area contributed by atoms with E-state index in [9.17, 15) is 9.00 Å². The molecule has 0 amide bonds. The molecule has 2 rings (SSSR count). The summed E-state index contributed by atoms with van der Waals surface area (Å²) >= 11 is 1.43. The molecule has 0 aromatic carbocycles. The van der Waals surface area contributed by atoms with Crippen LogP contribution in [0, 0.1) is 0 Å². The van der Waals surface area contributed by atoms with E-state index in [2.05, 4.69) is 26.2 Å². The molecular formula is C12H12BrN3O3S. The second kappa shape index (κ2) is 6.29. The number of hydrogen-bond acceptors (Lipinski definition) is 4. The largest absolute Gasteiger partial charge is 0.336 e. The Balaban J connectivity index is 2.22. The number of nitrogens with one attached hydrogen (secondary N) is 1. The van der Waals surface area contributed by atoms with Gasteiger partial charge < -0.3 is 14.4 Å². The molecule has 0 aliphatic heterocycles. The first kappa shape index (κ1) is 14.9. The van der Waals surface area contributed by atoms with E-state index in [1.807, 2.05) is 0 Å². The fraction of sp³-hybridized carbons (Fsp3) is 0.167. The van der Waals surface area contributed by atoms with E-state index in [1.165, 1.54) is 10.8 Å². The zero-order chi connectivity index (χ0) is 14.7. The van der Waals surface area contributed by atoms with E-state index < -0.39 is 11.1 Å². The monoisotopic (exact) mass is 357 g/mol. The van der Waals surface area contributed by atoms with Crippen LogP contribution in [0.5, 0.6) is 0 Å². The van der Waals surface area contributed by atoms with Gasteiger partial charge in [0.15, 0.2) is 11.1 Å². The van der Waals surface area contributed by atoms with E-state index in [-0.39, 0.29) is 11.3 Å². The first-order valence-electron chi connectivity index (χ1n) is 5.61. The molecule has 8 heteroatoms. The van der Waals surface area contributed by atoms with E-state index in [4.69, 9.17) is 4.55 Å². The van der Waals surface area contributed by atoms with Crippen molar-refractivity contribution in [3.8, 4) is 0 Å². The summed E-state index contributed by atoms with van der Waals surface area (Å²) in [5.74, 6) is 0.527. The molecule has 2 aromatic heterocycles. The van der Waals surface area contributed by atoms with E-state index in [1.54, 1.807) is 31.4 Å². The molecule has 0 radical (unpaired) electrons. The molecule has 0 bridgehead atoms. The smallest absolute Gasteiger partial charge is 0.274 e. The molecule has 0 saturated carbocycles. The molecule has 20 heavy (non-hydrogen) atoms. The first-order chi connectivity index (χ1) is 9.45. The highest BCUT2D eigenvalue weighted by atomic mass is 79.9. The van der Waals surface area contributed by atoms with Crippen molar-refractivity contribution in [1.82, 2.24) is 9.55 Å². The SMILES string of the molecule is Cn1cc(Br)cc(Nc2ccc(CS(=O)O)cn2)c1=O. The third kappa shape index (κ3) is 3.75. The maximum atomic E-state index is 11.9. The van der Waals surface area contributed by atoms with Crippen molar-refractivity contribution in [2.45, 2.75) is 5.75 Å². The first-order valence-corrected chi connectivity index (χ1v) is 7.68. The van der Waals surface area contributed by atoms with Crippen molar-refractivity contribution in [2.75, 3.05) is 5.32 Å². The van der Waals surface area contributed by atoms with Gasteiger partial charge in [-0.25, -0.2) is 9.19 Å². The Kier molecular flexibility index (Phi) is 4.69. The van der Waals surface area contributed by atoms with Gasteiger partial charge in [0.25, 0.3) is 5.56 Å². The van der Waals surface area contributed by atoms with Crippen LogP contribution in [0.4, 0.5) is 11.5 Å². The summed E-state index contributed by atoms with van der Waals surface area (Å²) in [6, 6.07) is 5.01. The number of nitrogens with zero attached hydrogens (tertiary/aromatic N) is 2. The maximum Gasteiger partial charge on any atom is 0.274 e. The molecule has 1 atom stereocenters. The fourth-order valence-electron chi connectivity index (χ4n) is 1.62. The van der Waals surface area contributed by atoms with Gasteiger partial charge in [-0.15, -0.1) is 0 Å². The van der Waals surface area contributed by atoms with Crippen molar-refractivity contribution in [2.24, 2.45) is 7.05 Å². The third-order valence-corrected chi connectivity index (χ3v) is 3.54. The molecule has 0 fully saturated rings. The number of aryl methyl sites for hydroxylation is 1. The number of aromatic nitrogens is 2. The van der Waals surface area contributed by atoms with E-state index in [0.717, 1.165) is 4.47 Å². The molecule has 0 aliphatic carbocycles. The highest BCUT2D eigenvalue weighted by Crippen LogP contribution is 2.16. The molecule has 106 valence electrons. The van der Waals surface area contributed by atoms with E-state index >= 15 is 0 Å². The van der Waals surface area contributed by atoms with Gasteiger partial charge >= 0.3 is 0 Å². The van der Waals surface area contributed by atoms with Gasteiger partial charge in [-0.2, -0.15) is 0 Å². The zero-order valence-electron chi connectivity index (χ0n) is 10.5. The quantitative estimate of drug-likeness (QED) is 0.817. The zero-order valence-corrected chi connectivity index (χ0v) is 12.9. The Labute approximate surface area is 126 Å². The van der Waals surface area contributed by atoms with Crippen LogP contribution in [-0.4, -0.2) is 18.3 Å². The van der Waals surface area contributed by atoms with Gasteiger partial charge in [0, 0.05) is 23.9 Å². The predicted molar refractivity (Wildman–Crippen MR) is 81.4 cm³/mol. The molecule has 2 aromatic rings.